The van der Waals surface area contributed by atoms with Gasteiger partial charge in [-0.25, -0.2) is 8.78 Å². The van der Waals surface area contributed by atoms with Gasteiger partial charge >= 0.3 is 78.1 Å². The van der Waals surface area contributed by atoms with Gasteiger partial charge in [-0.05, 0) is 6.42 Å². The molecular weight excluding hydrogens is 842 g/mol. The minimum absolute atomic E-state index is 0.103. The van der Waals surface area contributed by atoms with Crippen molar-refractivity contribution >= 4 is 17.6 Å². The summed E-state index contributed by atoms with van der Waals surface area (Å²) in [5, 5.41) is 0. The maximum atomic E-state index is 16.2. The standard InChI is InChI=1S/C20H24F22O8Si2/c1-43-51(44-2,45-3)9(8-11(21,15(27,28)29)49-19(39,40)13(23,24)17(33,34)35)7-10(52(46-4,47-5)48-6)12(22,16(30,31)32)50-20(41,42)14(25,26)18(36,37)38/h9-10H,7-8H2,1-6H3. The summed E-state index contributed by atoms with van der Waals surface area (Å²) in [6.45, 7) is 0. The lowest BCUT2D eigenvalue weighted by molar-refractivity contribution is -0.486. The van der Waals surface area contributed by atoms with Crippen LogP contribution >= 0.6 is 0 Å². The van der Waals surface area contributed by atoms with Gasteiger partial charge in [-0.1, -0.05) is 0 Å². The molecule has 0 rings (SSSR count). The van der Waals surface area contributed by atoms with Crippen LogP contribution in [0.3, 0.4) is 0 Å². The van der Waals surface area contributed by atoms with Crippen LogP contribution in [0.5, 0.6) is 0 Å². The molecule has 8 nitrogen and oxygen atoms in total. The molecule has 32 heteroatoms. The van der Waals surface area contributed by atoms with E-state index in [-0.39, 0.29) is 42.7 Å². The van der Waals surface area contributed by atoms with Gasteiger partial charge in [0, 0.05) is 54.6 Å². The first-order chi connectivity index (χ1) is 22.7. The Morgan fingerprint density at radius 2 is 0.712 bits per heavy atom. The average Bonchev–Trinajstić information content (AvgIpc) is 2.95. The molecule has 0 aromatic carbocycles. The third-order valence-corrected chi connectivity index (χ3v) is 13.2. The Morgan fingerprint density at radius 1 is 0.404 bits per heavy atom. The van der Waals surface area contributed by atoms with Crippen LogP contribution in [0.25, 0.3) is 0 Å². The number of alkyl halides is 22. The lowest BCUT2D eigenvalue weighted by Gasteiger charge is -2.46. The van der Waals surface area contributed by atoms with Crippen molar-refractivity contribution in [3.05, 3.63) is 0 Å². The Kier molecular flexibility index (Phi) is 15.2. The summed E-state index contributed by atoms with van der Waals surface area (Å²) in [6.07, 6.45) is -51.4. The van der Waals surface area contributed by atoms with E-state index in [9.17, 15) is 87.8 Å². The minimum Gasteiger partial charge on any atom is -0.377 e. The zero-order chi connectivity index (χ0) is 42.2. The summed E-state index contributed by atoms with van der Waals surface area (Å²) < 4.78 is 335. The van der Waals surface area contributed by atoms with Crippen LogP contribution in [0.15, 0.2) is 0 Å². The first-order valence-corrected chi connectivity index (χ1v) is 16.2. The monoisotopic (exact) mass is 866 g/mol. The Morgan fingerprint density at radius 3 is 0.962 bits per heavy atom. The fourth-order valence-corrected chi connectivity index (χ4v) is 9.67. The van der Waals surface area contributed by atoms with E-state index in [1.165, 1.54) is 0 Å². The Balaban J connectivity index is 8.26. The van der Waals surface area contributed by atoms with Crippen molar-refractivity contribution in [2.45, 2.75) is 84.4 Å². The zero-order valence-electron chi connectivity index (χ0n) is 26.2. The molecule has 0 aliphatic rings. The average molecular weight is 867 g/mol. The highest BCUT2D eigenvalue weighted by atomic mass is 28.4. The molecule has 0 aromatic rings. The van der Waals surface area contributed by atoms with Crippen LogP contribution in [0.1, 0.15) is 12.8 Å². The smallest absolute Gasteiger partial charge is 0.377 e. The molecule has 0 heterocycles. The molecule has 0 spiro atoms. The molecule has 0 saturated heterocycles. The number of hydrogen-bond acceptors (Lipinski definition) is 8. The van der Waals surface area contributed by atoms with Crippen LogP contribution in [0.4, 0.5) is 96.6 Å². The minimum atomic E-state index is -7.76. The SMILES string of the molecule is CO[Si](OC)(OC)C(CC(C(F)(OC(F)(F)C(F)(F)C(F)(F)F)C(F)(F)F)[Si](OC)(OC)OC)CC(F)(OC(F)(F)C(F)(F)C(F)(F)F)C(F)(F)F. The second-order valence-corrected chi connectivity index (χ2v) is 16.2. The van der Waals surface area contributed by atoms with Gasteiger partial charge < -0.3 is 26.6 Å². The van der Waals surface area contributed by atoms with Gasteiger partial charge in [0.2, 0.25) is 0 Å². The second kappa shape index (κ2) is 15.6. The zero-order valence-corrected chi connectivity index (χ0v) is 28.2. The highest BCUT2D eigenvalue weighted by Gasteiger charge is 2.83. The van der Waals surface area contributed by atoms with Crippen LogP contribution in [-0.2, 0) is 36.0 Å². The Hall–Kier alpha value is -1.43. The summed E-state index contributed by atoms with van der Waals surface area (Å²) in [7, 11) is -11.2. The van der Waals surface area contributed by atoms with Crippen molar-refractivity contribution in [2.24, 2.45) is 0 Å². The molecule has 4 atom stereocenters. The van der Waals surface area contributed by atoms with Crippen molar-refractivity contribution in [1.82, 2.24) is 0 Å². The highest BCUT2D eigenvalue weighted by molar-refractivity contribution is 6.64. The Labute approximate surface area is 278 Å². The normalized spacial score (nSPS) is 18.9. The van der Waals surface area contributed by atoms with Crippen LogP contribution in [0.2, 0.25) is 11.1 Å². The molecule has 0 amide bonds. The molecule has 52 heavy (non-hydrogen) atoms. The third kappa shape index (κ3) is 9.16. The van der Waals surface area contributed by atoms with Gasteiger partial charge in [-0.15, -0.1) is 0 Å². The van der Waals surface area contributed by atoms with E-state index in [1.807, 2.05) is 0 Å². The van der Waals surface area contributed by atoms with E-state index in [0.29, 0.717) is 0 Å². The van der Waals surface area contributed by atoms with Gasteiger partial charge in [0.1, 0.15) is 0 Å². The van der Waals surface area contributed by atoms with Gasteiger partial charge in [-0.3, -0.25) is 9.47 Å². The van der Waals surface area contributed by atoms with Crippen molar-refractivity contribution in [2.75, 3.05) is 42.7 Å². The predicted molar refractivity (Wildman–Crippen MR) is 124 cm³/mol. The van der Waals surface area contributed by atoms with Gasteiger partial charge in [-0.2, -0.15) is 87.8 Å². The fourth-order valence-electron chi connectivity index (χ4n) is 4.29. The maximum Gasteiger partial charge on any atom is 0.509 e. The largest absolute Gasteiger partial charge is 0.509 e. The van der Waals surface area contributed by atoms with Crippen LogP contribution in [-0.4, -0.2) is 121 Å². The van der Waals surface area contributed by atoms with Crippen LogP contribution < -0.4 is 0 Å². The van der Waals surface area contributed by atoms with Crippen molar-refractivity contribution in [3.8, 4) is 0 Å². The maximum absolute atomic E-state index is 16.2. The Bertz CT molecular complexity index is 1140. The molecule has 0 aromatic heterocycles. The third-order valence-electron chi connectivity index (χ3n) is 6.93. The lowest BCUT2D eigenvalue weighted by atomic mass is 10.0. The molecule has 0 N–H and O–H groups in total. The molecule has 0 aliphatic heterocycles. The number of halogens is 22. The summed E-state index contributed by atoms with van der Waals surface area (Å²) in [6, 6.07) is 0. The van der Waals surface area contributed by atoms with E-state index < -0.39 is 102 Å². The first kappa shape index (κ1) is 50.6. The highest BCUT2D eigenvalue weighted by Crippen LogP contribution is 2.60. The number of rotatable bonds is 19. The van der Waals surface area contributed by atoms with E-state index in [1.54, 1.807) is 0 Å². The van der Waals surface area contributed by atoms with E-state index >= 15 is 8.78 Å². The summed E-state index contributed by atoms with van der Waals surface area (Å²) >= 11 is 0. The molecule has 0 bridgehead atoms. The molecule has 0 aliphatic carbocycles. The van der Waals surface area contributed by atoms with Gasteiger partial charge in [0.05, 0.1) is 5.54 Å². The van der Waals surface area contributed by atoms with Gasteiger partial charge in [0.25, 0.3) is 0 Å². The van der Waals surface area contributed by atoms with Crippen LogP contribution in [0, 0.1) is 0 Å². The van der Waals surface area contributed by atoms with E-state index in [4.69, 9.17) is 0 Å². The topological polar surface area (TPSA) is 73.8 Å². The van der Waals surface area contributed by atoms with Crippen molar-refractivity contribution in [1.29, 1.82) is 0 Å². The van der Waals surface area contributed by atoms with Gasteiger partial charge in [0.15, 0.2) is 0 Å². The molecule has 0 saturated carbocycles. The molecule has 314 valence electrons. The number of hydrogen-bond donors (Lipinski definition) is 0. The van der Waals surface area contributed by atoms with Crippen molar-refractivity contribution < 1.29 is 133 Å². The molecular formula is C20H24F22O8Si2. The quantitative estimate of drug-likeness (QED) is 0.0949. The summed E-state index contributed by atoms with van der Waals surface area (Å²) in [5.41, 5.74) is -8.02. The molecule has 4 unspecified atom stereocenters. The summed E-state index contributed by atoms with van der Waals surface area (Å²) in [4.78, 5) is 0. The molecule has 0 radical (unpaired) electrons. The van der Waals surface area contributed by atoms with Crippen molar-refractivity contribution in [3.63, 3.8) is 0 Å². The first-order valence-electron chi connectivity index (χ1n) is 12.6. The van der Waals surface area contributed by atoms with E-state index in [2.05, 4.69) is 36.0 Å². The predicted octanol–water partition coefficient (Wildman–Crippen LogP) is 8.33. The second-order valence-electron chi connectivity index (χ2n) is 9.87. The van der Waals surface area contributed by atoms with E-state index in [0.717, 1.165) is 0 Å². The fraction of sp³-hybridized carbons (Fsp3) is 1.00. The molecule has 0 fully saturated rings. The number of ether oxygens (including phenoxy) is 2. The lowest BCUT2D eigenvalue weighted by Crippen LogP contribution is -2.66. The summed E-state index contributed by atoms with van der Waals surface area (Å²) in [5.74, 6) is -29.1.